The van der Waals surface area contributed by atoms with E-state index in [-0.39, 0.29) is 12.0 Å². The van der Waals surface area contributed by atoms with Crippen molar-refractivity contribution in [1.82, 2.24) is 30.3 Å². The zero-order valence-electron chi connectivity index (χ0n) is 14.2. The number of hydrogen-bond donors (Lipinski definition) is 1. The second kappa shape index (κ2) is 7.67. The number of pyridine rings is 1. The summed E-state index contributed by atoms with van der Waals surface area (Å²) in [6, 6.07) is 5.24. The lowest BCUT2D eigenvalue weighted by Gasteiger charge is -2.34. The van der Waals surface area contributed by atoms with Crippen LogP contribution in [0.4, 0.5) is 0 Å². The van der Waals surface area contributed by atoms with Gasteiger partial charge in [0, 0.05) is 26.2 Å². The normalized spacial score (nSPS) is 19.0. The van der Waals surface area contributed by atoms with Gasteiger partial charge < -0.3 is 10.1 Å². The van der Waals surface area contributed by atoms with Crippen LogP contribution in [-0.2, 0) is 4.74 Å². The number of nitrogens with zero attached hydrogens (tertiary/aromatic N) is 5. The predicted octanol–water partition coefficient (Wildman–Crippen LogP) is 0.601. The van der Waals surface area contributed by atoms with Crippen molar-refractivity contribution >= 4 is 11.6 Å². The summed E-state index contributed by atoms with van der Waals surface area (Å²) >= 11 is 0. The van der Waals surface area contributed by atoms with Crippen molar-refractivity contribution in [3.63, 3.8) is 0 Å². The molecule has 2 aromatic rings. The highest BCUT2D eigenvalue weighted by molar-refractivity contribution is 5.92. The first-order valence-electron chi connectivity index (χ1n) is 8.43. The first kappa shape index (κ1) is 16.8. The van der Waals surface area contributed by atoms with Crippen molar-refractivity contribution in [3.8, 4) is 0 Å². The number of carbonyl (C=O) groups excluding carboxylic acids is 1. The molecule has 8 nitrogen and oxygen atoms in total. The van der Waals surface area contributed by atoms with E-state index in [4.69, 9.17) is 4.74 Å². The fourth-order valence-corrected chi connectivity index (χ4v) is 3.01. The molecular weight excluding hydrogens is 308 g/mol. The molecule has 0 bridgehead atoms. The van der Waals surface area contributed by atoms with E-state index in [1.54, 1.807) is 18.2 Å². The molecule has 1 aliphatic heterocycles. The molecule has 1 aliphatic rings. The molecule has 1 atom stereocenters. The summed E-state index contributed by atoms with van der Waals surface area (Å²) in [7, 11) is 0. The molecule has 0 saturated carbocycles. The van der Waals surface area contributed by atoms with Crippen LogP contribution in [0.15, 0.2) is 18.2 Å². The number of aromatic nitrogens is 4. The summed E-state index contributed by atoms with van der Waals surface area (Å²) < 4.78 is 7.25. The Morgan fingerprint density at radius 1 is 1.46 bits per heavy atom. The van der Waals surface area contributed by atoms with Gasteiger partial charge in [0.15, 0.2) is 5.65 Å². The second-order valence-electron chi connectivity index (χ2n) is 6.55. The lowest BCUT2D eigenvalue weighted by Crippen LogP contribution is -2.45. The zero-order chi connectivity index (χ0) is 16.9. The fourth-order valence-electron chi connectivity index (χ4n) is 3.01. The van der Waals surface area contributed by atoms with Crippen LogP contribution in [0.3, 0.4) is 0 Å². The summed E-state index contributed by atoms with van der Waals surface area (Å²) in [6.45, 7) is 8.79. The van der Waals surface area contributed by atoms with Crippen molar-refractivity contribution in [2.24, 2.45) is 5.92 Å². The molecule has 0 aromatic carbocycles. The quantitative estimate of drug-likeness (QED) is 0.834. The SMILES string of the molecule is CC(C)CN1CCOC(CCNC(=O)c2cccc3nnnn23)C1. The molecule has 0 radical (unpaired) electrons. The Morgan fingerprint density at radius 2 is 2.33 bits per heavy atom. The molecule has 1 fully saturated rings. The van der Waals surface area contributed by atoms with Crippen molar-refractivity contribution in [3.05, 3.63) is 23.9 Å². The fraction of sp³-hybridized carbons (Fsp3) is 0.625. The molecule has 1 unspecified atom stereocenters. The molecule has 24 heavy (non-hydrogen) atoms. The molecule has 0 aliphatic carbocycles. The summed E-state index contributed by atoms with van der Waals surface area (Å²) in [5.74, 6) is 0.475. The van der Waals surface area contributed by atoms with Crippen LogP contribution < -0.4 is 5.32 Å². The molecule has 0 spiro atoms. The van der Waals surface area contributed by atoms with Crippen LogP contribution in [0.5, 0.6) is 0 Å². The highest BCUT2D eigenvalue weighted by Gasteiger charge is 2.21. The van der Waals surface area contributed by atoms with Crippen LogP contribution in [0.25, 0.3) is 5.65 Å². The van der Waals surface area contributed by atoms with E-state index in [1.165, 1.54) is 4.52 Å². The van der Waals surface area contributed by atoms with E-state index >= 15 is 0 Å². The van der Waals surface area contributed by atoms with Gasteiger partial charge >= 0.3 is 0 Å². The Kier molecular flexibility index (Phi) is 5.37. The van der Waals surface area contributed by atoms with Crippen molar-refractivity contribution in [2.45, 2.75) is 26.4 Å². The van der Waals surface area contributed by atoms with Gasteiger partial charge in [0.05, 0.1) is 12.7 Å². The van der Waals surface area contributed by atoms with E-state index in [2.05, 4.69) is 39.6 Å². The topological polar surface area (TPSA) is 84.6 Å². The number of carbonyl (C=O) groups is 1. The molecule has 2 aromatic heterocycles. The number of amides is 1. The third-order valence-corrected chi connectivity index (χ3v) is 4.05. The summed E-state index contributed by atoms with van der Waals surface area (Å²) in [5.41, 5.74) is 0.992. The molecule has 3 rings (SSSR count). The maximum absolute atomic E-state index is 12.3. The minimum absolute atomic E-state index is 0.168. The molecular formula is C16H24N6O2. The number of nitrogens with one attached hydrogen (secondary N) is 1. The van der Waals surface area contributed by atoms with E-state index < -0.39 is 0 Å². The third-order valence-electron chi connectivity index (χ3n) is 4.05. The second-order valence-corrected chi connectivity index (χ2v) is 6.55. The van der Waals surface area contributed by atoms with E-state index in [0.717, 1.165) is 32.7 Å². The number of fused-ring (bicyclic) bond motifs is 1. The number of hydrogen-bond acceptors (Lipinski definition) is 6. The molecule has 1 amide bonds. The van der Waals surface area contributed by atoms with Gasteiger partial charge in [-0.25, -0.2) is 0 Å². The summed E-state index contributed by atoms with van der Waals surface area (Å²) in [5, 5.41) is 14.2. The van der Waals surface area contributed by atoms with Crippen LogP contribution >= 0.6 is 0 Å². The van der Waals surface area contributed by atoms with Gasteiger partial charge in [0.25, 0.3) is 5.91 Å². The molecule has 3 heterocycles. The van der Waals surface area contributed by atoms with Crippen LogP contribution in [0.2, 0.25) is 0 Å². The average Bonchev–Trinajstić information content (AvgIpc) is 3.03. The van der Waals surface area contributed by atoms with Crippen molar-refractivity contribution in [1.29, 1.82) is 0 Å². The Morgan fingerprint density at radius 3 is 3.17 bits per heavy atom. The van der Waals surface area contributed by atoms with E-state index in [0.29, 0.717) is 23.8 Å². The van der Waals surface area contributed by atoms with Gasteiger partial charge in [0.1, 0.15) is 5.69 Å². The van der Waals surface area contributed by atoms with Gasteiger partial charge in [0.2, 0.25) is 0 Å². The highest BCUT2D eigenvalue weighted by atomic mass is 16.5. The third kappa shape index (κ3) is 4.07. The van der Waals surface area contributed by atoms with E-state index in [9.17, 15) is 4.79 Å². The number of tetrazole rings is 1. The largest absolute Gasteiger partial charge is 0.375 e. The molecule has 130 valence electrons. The van der Waals surface area contributed by atoms with E-state index in [1.807, 2.05) is 0 Å². The number of rotatable bonds is 6. The Balaban J connectivity index is 1.49. The van der Waals surface area contributed by atoms with Crippen LogP contribution in [0.1, 0.15) is 30.8 Å². The van der Waals surface area contributed by atoms with Gasteiger partial charge in [-0.1, -0.05) is 19.9 Å². The molecule has 1 N–H and O–H groups in total. The first-order chi connectivity index (χ1) is 11.6. The van der Waals surface area contributed by atoms with Crippen LogP contribution in [0, 0.1) is 5.92 Å². The van der Waals surface area contributed by atoms with Gasteiger partial charge in [-0.3, -0.25) is 9.69 Å². The maximum Gasteiger partial charge on any atom is 0.270 e. The lowest BCUT2D eigenvalue weighted by atomic mass is 10.1. The van der Waals surface area contributed by atoms with Crippen molar-refractivity contribution in [2.75, 3.05) is 32.8 Å². The predicted molar refractivity (Wildman–Crippen MR) is 88.8 cm³/mol. The lowest BCUT2D eigenvalue weighted by molar-refractivity contribution is -0.0344. The highest BCUT2D eigenvalue weighted by Crippen LogP contribution is 2.10. The molecule has 1 saturated heterocycles. The zero-order valence-corrected chi connectivity index (χ0v) is 14.2. The van der Waals surface area contributed by atoms with Gasteiger partial charge in [-0.15, -0.1) is 5.10 Å². The van der Waals surface area contributed by atoms with Crippen molar-refractivity contribution < 1.29 is 9.53 Å². The molecule has 8 heteroatoms. The Hall–Kier alpha value is -2.06. The smallest absolute Gasteiger partial charge is 0.270 e. The maximum atomic E-state index is 12.3. The minimum atomic E-state index is -0.178. The monoisotopic (exact) mass is 332 g/mol. The minimum Gasteiger partial charge on any atom is -0.375 e. The average molecular weight is 332 g/mol. The van der Waals surface area contributed by atoms with Gasteiger partial charge in [-0.2, -0.15) is 4.52 Å². The number of ether oxygens (including phenoxy) is 1. The Labute approximate surface area is 141 Å². The first-order valence-corrected chi connectivity index (χ1v) is 8.43. The summed E-state index contributed by atoms with van der Waals surface area (Å²) in [4.78, 5) is 14.8. The standard InChI is InChI=1S/C16H24N6O2/c1-12(2)10-21-8-9-24-13(11-21)6-7-17-16(23)14-4-3-5-15-18-19-20-22(14)15/h3-5,12-13H,6-11H2,1-2H3,(H,17,23). The summed E-state index contributed by atoms with van der Waals surface area (Å²) in [6.07, 6.45) is 0.966. The van der Waals surface area contributed by atoms with Gasteiger partial charge in [-0.05, 0) is 34.9 Å². The van der Waals surface area contributed by atoms with Crippen LogP contribution in [-0.4, -0.2) is 69.7 Å². The Bertz CT molecular complexity index is 686. The number of morpholine rings is 1.